The van der Waals surface area contributed by atoms with E-state index in [1.807, 2.05) is 12.5 Å². The van der Waals surface area contributed by atoms with Crippen LogP contribution in [0.2, 0.25) is 0 Å². The SMILES string of the molecule is CCCn1cncc1CNCC1CCC(C)CC1. The summed E-state index contributed by atoms with van der Waals surface area (Å²) in [5.74, 6) is 1.84. The summed E-state index contributed by atoms with van der Waals surface area (Å²) in [6, 6.07) is 0. The number of aromatic nitrogens is 2. The summed E-state index contributed by atoms with van der Waals surface area (Å²) >= 11 is 0. The molecule has 18 heavy (non-hydrogen) atoms. The van der Waals surface area contributed by atoms with Gasteiger partial charge in [-0.15, -0.1) is 0 Å². The molecule has 0 saturated heterocycles. The third kappa shape index (κ3) is 3.84. The zero-order valence-electron chi connectivity index (χ0n) is 11.9. The van der Waals surface area contributed by atoms with Gasteiger partial charge >= 0.3 is 0 Å². The molecule has 0 bridgehead atoms. The van der Waals surface area contributed by atoms with Gasteiger partial charge in [-0.05, 0) is 37.6 Å². The first-order valence-electron chi connectivity index (χ1n) is 7.49. The molecule has 1 aliphatic carbocycles. The minimum Gasteiger partial charge on any atom is -0.333 e. The third-order valence-electron chi connectivity index (χ3n) is 4.14. The number of nitrogens with one attached hydrogen (secondary N) is 1. The van der Waals surface area contributed by atoms with Crippen LogP contribution in [-0.4, -0.2) is 16.1 Å². The van der Waals surface area contributed by atoms with Crippen LogP contribution in [0.15, 0.2) is 12.5 Å². The van der Waals surface area contributed by atoms with E-state index in [1.165, 1.54) is 44.3 Å². The molecule has 0 aliphatic heterocycles. The van der Waals surface area contributed by atoms with Gasteiger partial charge in [-0.1, -0.05) is 26.7 Å². The monoisotopic (exact) mass is 249 g/mol. The van der Waals surface area contributed by atoms with E-state index in [-0.39, 0.29) is 0 Å². The molecular formula is C15H27N3. The Kier molecular flexibility index (Phi) is 5.24. The lowest BCUT2D eigenvalue weighted by molar-refractivity contribution is 0.281. The van der Waals surface area contributed by atoms with E-state index in [4.69, 9.17) is 0 Å². The van der Waals surface area contributed by atoms with E-state index >= 15 is 0 Å². The molecule has 1 aromatic heterocycles. The van der Waals surface area contributed by atoms with Crippen LogP contribution in [0, 0.1) is 11.8 Å². The molecule has 102 valence electrons. The van der Waals surface area contributed by atoms with Crippen molar-refractivity contribution in [3.05, 3.63) is 18.2 Å². The number of hydrogen-bond acceptors (Lipinski definition) is 2. The summed E-state index contributed by atoms with van der Waals surface area (Å²) < 4.78 is 2.26. The van der Waals surface area contributed by atoms with Crippen LogP contribution in [0.4, 0.5) is 0 Å². The van der Waals surface area contributed by atoms with Crippen molar-refractivity contribution in [3.8, 4) is 0 Å². The summed E-state index contributed by atoms with van der Waals surface area (Å²) in [5, 5.41) is 3.61. The molecule has 0 amide bonds. The van der Waals surface area contributed by atoms with Crippen LogP contribution < -0.4 is 5.32 Å². The average molecular weight is 249 g/mol. The van der Waals surface area contributed by atoms with Gasteiger partial charge < -0.3 is 9.88 Å². The van der Waals surface area contributed by atoms with E-state index in [1.54, 1.807) is 0 Å². The second-order valence-corrected chi connectivity index (χ2v) is 5.84. The van der Waals surface area contributed by atoms with Crippen molar-refractivity contribution in [1.29, 1.82) is 0 Å². The van der Waals surface area contributed by atoms with Gasteiger partial charge in [-0.25, -0.2) is 4.98 Å². The molecule has 1 heterocycles. The Labute approximate surface area is 111 Å². The minimum absolute atomic E-state index is 0.892. The summed E-state index contributed by atoms with van der Waals surface area (Å²) in [5.41, 5.74) is 1.32. The summed E-state index contributed by atoms with van der Waals surface area (Å²) in [4.78, 5) is 4.24. The molecule has 0 atom stereocenters. The number of aryl methyl sites for hydroxylation is 1. The summed E-state index contributed by atoms with van der Waals surface area (Å²) in [6.45, 7) is 7.81. The molecule has 1 fully saturated rings. The Balaban J connectivity index is 1.70. The highest BCUT2D eigenvalue weighted by Gasteiger charge is 2.17. The van der Waals surface area contributed by atoms with Crippen LogP contribution in [0.3, 0.4) is 0 Å². The van der Waals surface area contributed by atoms with E-state index in [0.29, 0.717) is 0 Å². The highest BCUT2D eigenvalue weighted by molar-refractivity contribution is 4.97. The number of imidazole rings is 1. The van der Waals surface area contributed by atoms with Gasteiger partial charge in [-0.2, -0.15) is 0 Å². The first-order chi connectivity index (χ1) is 8.79. The molecule has 1 N–H and O–H groups in total. The van der Waals surface area contributed by atoms with Gasteiger partial charge in [0, 0.05) is 19.3 Å². The lowest BCUT2D eigenvalue weighted by atomic mass is 9.83. The molecule has 3 heteroatoms. The average Bonchev–Trinajstić information content (AvgIpc) is 2.80. The molecule has 2 rings (SSSR count). The molecule has 0 spiro atoms. The largest absolute Gasteiger partial charge is 0.333 e. The zero-order chi connectivity index (χ0) is 12.8. The Morgan fingerprint density at radius 3 is 2.83 bits per heavy atom. The third-order valence-corrected chi connectivity index (χ3v) is 4.14. The van der Waals surface area contributed by atoms with E-state index < -0.39 is 0 Å². The molecule has 1 saturated carbocycles. The Hall–Kier alpha value is -0.830. The first-order valence-corrected chi connectivity index (χ1v) is 7.49. The second kappa shape index (κ2) is 6.93. The van der Waals surface area contributed by atoms with Crippen LogP contribution in [0.5, 0.6) is 0 Å². The predicted molar refractivity (Wildman–Crippen MR) is 75.3 cm³/mol. The van der Waals surface area contributed by atoms with Gasteiger partial charge in [0.25, 0.3) is 0 Å². The van der Waals surface area contributed by atoms with E-state index in [0.717, 1.165) is 24.9 Å². The van der Waals surface area contributed by atoms with Gasteiger partial charge in [0.05, 0.1) is 12.0 Å². The molecule has 1 aliphatic rings. The maximum absolute atomic E-state index is 4.24. The van der Waals surface area contributed by atoms with Crippen molar-refractivity contribution < 1.29 is 0 Å². The Bertz CT molecular complexity index is 337. The molecule has 3 nitrogen and oxygen atoms in total. The zero-order valence-corrected chi connectivity index (χ0v) is 11.9. The molecular weight excluding hydrogens is 222 g/mol. The fraction of sp³-hybridized carbons (Fsp3) is 0.800. The smallest absolute Gasteiger partial charge is 0.0948 e. The molecule has 0 radical (unpaired) electrons. The van der Waals surface area contributed by atoms with Gasteiger partial charge in [0.2, 0.25) is 0 Å². The first kappa shape index (κ1) is 13.6. The van der Waals surface area contributed by atoms with E-state index in [2.05, 4.69) is 28.7 Å². The van der Waals surface area contributed by atoms with Gasteiger partial charge in [0.1, 0.15) is 0 Å². The molecule has 0 aromatic carbocycles. The standard InChI is InChI=1S/C15H27N3/c1-3-8-18-12-17-11-15(18)10-16-9-14-6-4-13(2)5-7-14/h11-14,16H,3-10H2,1-2H3. The van der Waals surface area contributed by atoms with Crippen molar-refractivity contribution in [1.82, 2.24) is 14.9 Å². The van der Waals surface area contributed by atoms with Crippen molar-refractivity contribution in [2.45, 2.75) is 59.0 Å². The second-order valence-electron chi connectivity index (χ2n) is 5.84. The molecule has 1 aromatic rings. The Morgan fingerprint density at radius 2 is 2.11 bits per heavy atom. The van der Waals surface area contributed by atoms with Crippen LogP contribution in [0.1, 0.15) is 51.6 Å². The number of hydrogen-bond donors (Lipinski definition) is 1. The van der Waals surface area contributed by atoms with E-state index in [9.17, 15) is 0 Å². The highest BCUT2D eigenvalue weighted by Crippen LogP contribution is 2.27. The van der Waals surface area contributed by atoms with Crippen LogP contribution >= 0.6 is 0 Å². The Morgan fingerprint density at radius 1 is 1.33 bits per heavy atom. The normalized spacial score (nSPS) is 24.3. The topological polar surface area (TPSA) is 29.9 Å². The van der Waals surface area contributed by atoms with Gasteiger partial charge in [-0.3, -0.25) is 0 Å². The van der Waals surface area contributed by atoms with Crippen LogP contribution in [0.25, 0.3) is 0 Å². The van der Waals surface area contributed by atoms with Gasteiger partial charge in [0.15, 0.2) is 0 Å². The van der Waals surface area contributed by atoms with Crippen molar-refractivity contribution in [2.75, 3.05) is 6.54 Å². The van der Waals surface area contributed by atoms with Crippen molar-refractivity contribution in [2.24, 2.45) is 11.8 Å². The molecule has 0 unspecified atom stereocenters. The lowest BCUT2D eigenvalue weighted by Gasteiger charge is -2.26. The summed E-state index contributed by atoms with van der Waals surface area (Å²) in [7, 11) is 0. The van der Waals surface area contributed by atoms with Crippen LogP contribution in [-0.2, 0) is 13.1 Å². The minimum atomic E-state index is 0.892. The number of rotatable bonds is 6. The number of nitrogens with zero attached hydrogens (tertiary/aromatic N) is 2. The fourth-order valence-electron chi connectivity index (χ4n) is 2.88. The summed E-state index contributed by atoms with van der Waals surface area (Å²) in [6.07, 6.45) is 10.8. The predicted octanol–water partition coefficient (Wildman–Crippen LogP) is 3.21. The fourth-order valence-corrected chi connectivity index (χ4v) is 2.88. The maximum Gasteiger partial charge on any atom is 0.0948 e. The maximum atomic E-state index is 4.24. The van der Waals surface area contributed by atoms with Crippen molar-refractivity contribution in [3.63, 3.8) is 0 Å². The lowest BCUT2D eigenvalue weighted by Crippen LogP contribution is -2.26. The highest BCUT2D eigenvalue weighted by atomic mass is 15.1. The van der Waals surface area contributed by atoms with Crippen molar-refractivity contribution >= 4 is 0 Å². The quantitative estimate of drug-likeness (QED) is 0.839.